The molecule has 0 spiro atoms. The van der Waals surface area contributed by atoms with E-state index in [1.54, 1.807) is 6.92 Å². The van der Waals surface area contributed by atoms with Crippen molar-refractivity contribution >= 4 is 12.1 Å². The second-order valence-corrected chi connectivity index (χ2v) is 5.77. The van der Waals surface area contributed by atoms with E-state index in [0.29, 0.717) is 19.8 Å². The van der Waals surface area contributed by atoms with Crippen LogP contribution < -0.4 is 0 Å². The summed E-state index contributed by atoms with van der Waals surface area (Å²) < 4.78 is 20.2. The second-order valence-electron chi connectivity index (χ2n) is 5.77. The standard InChI is InChI=1S/C17H22O6/c1-17(12-22-16(19)23-13-17)15(18)21-10-6-5-9-20-11-14-7-3-2-4-8-14/h2-4,7-8H,5-6,9-13H2,1H3. The van der Waals surface area contributed by atoms with Crippen molar-refractivity contribution in [3.63, 3.8) is 0 Å². The van der Waals surface area contributed by atoms with Crippen molar-refractivity contribution < 1.29 is 28.5 Å². The van der Waals surface area contributed by atoms with Gasteiger partial charge in [-0.05, 0) is 25.3 Å². The van der Waals surface area contributed by atoms with Gasteiger partial charge in [-0.15, -0.1) is 0 Å². The average molecular weight is 322 g/mol. The number of esters is 1. The molecule has 23 heavy (non-hydrogen) atoms. The first kappa shape index (κ1) is 17.3. The van der Waals surface area contributed by atoms with Gasteiger partial charge in [0.2, 0.25) is 0 Å². The van der Waals surface area contributed by atoms with Crippen LogP contribution in [0.25, 0.3) is 0 Å². The van der Waals surface area contributed by atoms with Gasteiger partial charge >= 0.3 is 12.1 Å². The molecule has 6 heteroatoms. The topological polar surface area (TPSA) is 71.1 Å². The van der Waals surface area contributed by atoms with Crippen LogP contribution >= 0.6 is 0 Å². The molecule has 0 saturated carbocycles. The first-order valence-corrected chi connectivity index (χ1v) is 7.69. The molecule has 0 radical (unpaired) electrons. The Hall–Kier alpha value is -2.08. The monoisotopic (exact) mass is 322 g/mol. The summed E-state index contributed by atoms with van der Waals surface area (Å²) in [6, 6.07) is 9.95. The van der Waals surface area contributed by atoms with Gasteiger partial charge in [-0.1, -0.05) is 30.3 Å². The molecule has 126 valence electrons. The highest BCUT2D eigenvalue weighted by Crippen LogP contribution is 2.24. The minimum Gasteiger partial charge on any atom is -0.465 e. The van der Waals surface area contributed by atoms with Gasteiger partial charge in [-0.3, -0.25) is 4.79 Å². The van der Waals surface area contributed by atoms with Crippen LogP contribution in [-0.2, 0) is 30.3 Å². The normalized spacial score (nSPS) is 16.3. The van der Waals surface area contributed by atoms with E-state index in [1.807, 2.05) is 30.3 Å². The van der Waals surface area contributed by atoms with Crippen molar-refractivity contribution in [3.05, 3.63) is 35.9 Å². The number of cyclic esters (lactones) is 2. The molecule has 0 amide bonds. The van der Waals surface area contributed by atoms with Crippen LogP contribution in [-0.4, -0.2) is 38.6 Å². The third-order valence-corrected chi connectivity index (χ3v) is 3.54. The van der Waals surface area contributed by atoms with Crippen LogP contribution in [0.4, 0.5) is 4.79 Å². The fourth-order valence-electron chi connectivity index (χ4n) is 2.05. The second kappa shape index (κ2) is 8.53. The Balaban J connectivity index is 1.53. The molecule has 1 heterocycles. The van der Waals surface area contributed by atoms with Gasteiger partial charge in [0.1, 0.15) is 18.6 Å². The summed E-state index contributed by atoms with van der Waals surface area (Å²) in [6.45, 7) is 3.16. The van der Waals surface area contributed by atoms with Gasteiger partial charge < -0.3 is 18.9 Å². The maximum atomic E-state index is 12.0. The van der Waals surface area contributed by atoms with E-state index >= 15 is 0 Å². The lowest BCUT2D eigenvalue weighted by molar-refractivity contribution is -0.166. The summed E-state index contributed by atoms with van der Waals surface area (Å²) in [5.74, 6) is -0.407. The zero-order valence-electron chi connectivity index (χ0n) is 13.3. The molecule has 2 rings (SSSR count). The molecule has 1 fully saturated rings. The van der Waals surface area contributed by atoms with Gasteiger partial charge in [0.05, 0.1) is 13.2 Å². The molecular formula is C17H22O6. The maximum Gasteiger partial charge on any atom is 0.508 e. The third kappa shape index (κ3) is 5.56. The number of carbonyl (C=O) groups excluding carboxylic acids is 2. The first-order valence-electron chi connectivity index (χ1n) is 7.69. The Morgan fingerprint density at radius 3 is 2.48 bits per heavy atom. The van der Waals surface area contributed by atoms with Gasteiger partial charge in [0.25, 0.3) is 0 Å². The van der Waals surface area contributed by atoms with Crippen LogP contribution in [0.1, 0.15) is 25.3 Å². The molecule has 0 bridgehead atoms. The van der Waals surface area contributed by atoms with E-state index in [4.69, 9.17) is 18.9 Å². The molecule has 1 saturated heterocycles. The van der Waals surface area contributed by atoms with Crippen molar-refractivity contribution in [1.29, 1.82) is 0 Å². The number of rotatable bonds is 8. The SMILES string of the molecule is CC1(C(=O)OCCCCOCc2ccccc2)COC(=O)OC1. The Labute approximate surface area is 135 Å². The molecule has 0 atom stereocenters. The van der Waals surface area contributed by atoms with E-state index in [1.165, 1.54) is 0 Å². The molecule has 1 aliphatic heterocycles. The fourth-order valence-corrected chi connectivity index (χ4v) is 2.05. The summed E-state index contributed by atoms with van der Waals surface area (Å²) in [7, 11) is 0. The van der Waals surface area contributed by atoms with Crippen molar-refractivity contribution in [3.8, 4) is 0 Å². The van der Waals surface area contributed by atoms with Gasteiger partial charge in [0.15, 0.2) is 0 Å². The molecule has 0 N–H and O–H groups in total. The predicted octanol–water partition coefficient (Wildman–Crippen LogP) is 2.70. The Kier molecular flexibility index (Phi) is 6.40. The van der Waals surface area contributed by atoms with Gasteiger partial charge in [-0.2, -0.15) is 0 Å². The van der Waals surface area contributed by atoms with E-state index in [9.17, 15) is 9.59 Å². The highest BCUT2D eigenvalue weighted by Gasteiger charge is 2.41. The maximum absolute atomic E-state index is 12.0. The minimum atomic E-state index is -0.919. The van der Waals surface area contributed by atoms with Crippen LogP contribution in [0.2, 0.25) is 0 Å². The van der Waals surface area contributed by atoms with Crippen molar-refractivity contribution in [1.82, 2.24) is 0 Å². The molecule has 1 aromatic rings. The predicted molar refractivity (Wildman–Crippen MR) is 81.7 cm³/mol. The zero-order chi connectivity index (χ0) is 16.5. The number of benzene rings is 1. The third-order valence-electron chi connectivity index (χ3n) is 3.54. The summed E-state index contributed by atoms with van der Waals surface area (Å²) in [5, 5.41) is 0. The van der Waals surface area contributed by atoms with Crippen molar-refractivity contribution in [2.75, 3.05) is 26.4 Å². The number of carbonyl (C=O) groups is 2. The van der Waals surface area contributed by atoms with Crippen LogP contribution in [0.3, 0.4) is 0 Å². The molecule has 0 aromatic heterocycles. The molecule has 0 unspecified atom stereocenters. The number of unbranched alkanes of at least 4 members (excludes halogenated alkanes) is 1. The summed E-state index contributed by atoms with van der Waals surface area (Å²) in [6.07, 6.45) is 0.783. The molecule has 0 aliphatic carbocycles. The minimum absolute atomic E-state index is 0.00907. The quantitative estimate of drug-likeness (QED) is 0.541. The van der Waals surface area contributed by atoms with Crippen LogP contribution in [0.15, 0.2) is 30.3 Å². The summed E-state index contributed by atoms with van der Waals surface area (Å²) >= 11 is 0. The summed E-state index contributed by atoms with van der Waals surface area (Å²) in [4.78, 5) is 22.8. The van der Waals surface area contributed by atoms with Crippen LogP contribution in [0.5, 0.6) is 0 Å². The number of ether oxygens (including phenoxy) is 4. The van der Waals surface area contributed by atoms with Gasteiger partial charge in [0, 0.05) is 6.61 Å². The summed E-state index contributed by atoms with van der Waals surface area (Å²) in [5.41, 5.74) is 0.219. The fraction of sp³-hybridized carbons (Fsp3) is 0.529. The Morgan fingerprint density at radius 2 is 1.78 bits per heavy atom. The number of hydrogen-bond acceptors (Lipinski definition) is 6. The highest BCUT2D eigenvalue weighted by atomic mass is 16.7. The lowest BCUT2D eigenvalue weighted by Crippen LogP contribution is -2.44. The Bertz CT molecular complexity index is 503. The lowest BCUT2D eigenvalue weighted by atomic mass is 9.93. The van der Waals surface area contributed by atoms with Crippen molar-refractivity contribution in [2.45, 2.75) is 26.4 Å². The molecular weight excluding hydrogens is 300 g/mol. The van der Waals surface area contributed by atoms with E-state index < -0.39 is 17.5 Å². The Morgan fingerprint density at radius 1 is 1.13 bits per heavy atom. The molecule has 1 aromatic carbocycles. The largest absolute Gasteiger partial charge is 0.508 e. The molecule has 1 aliphatic rings. The highest BCUT2D eigenvalue weighted by molar-refractivity contribution is 5.78. The lowest BCUT2D eigenvalue weighted by Gasteiger charge is -2.29. The smallest absolute Gasteiger partial charge is 0.465 e. The van der Waals surface area contributed by atoms with Gasteiger partial charge in [-0.25, -0.2) is 4.79 Å². The van der Waals surface area contributed by atoms with E-state index in [2.05, 4.69) is 0 Å². The van der Waals surface area contributed by atoms with Crippen LogP contribution in [0, 0.1) is 5.41 Å². The van der Waals surface area contributed by atoms with Crippen molar-refractivity contribution in [2.24, 2.45) is 5.41 Å². The average Bonchev–Trinajstić information content (AvgIpc) is 2.57. The van der Waals surface area contributed by atoms with E-state index in [0.717, 1.165) is 18.4 Å². The number of hydrogen-bond donors (Lipinski definition) is 0. The first-order chi connectivity index (χ1) is 11.1. The zero-order valence-corrected chi connectivity index (χ0v) is 13.3. The van der Waals surface area contributed by atoms with E-state index in [-0.39, 0.29) is 13.2 Å². The molecule has 6 nitrogen and oxygen atoms in total.